The Morgan fingerprint density at radius 3 is 2.50 bits per heavy atom. The van der Waals surface area contributed by atoms with Crippen LogP contribution in [0.25, 0.3) is 0 Å². The molecule has 2 aromatic rings. The van der Waals surface area contributed by atoms with Gasteiger partial charge in [-0.1, -0.05) is 29.8 Å². The zero-order valence-corrected chi connectivity index (χ0v) is 12.8. The van der Waals surface area contributed by atoms with Crippen LogP contribution in [0.2, 0.25) is 5.15 Å². The normalized spacial score (nSPS) is 12.8. The van der Waals surface area contributed by atoms with E-state index in [0.29, 0.717) is 27.7 Å². The summed E-state index contributed by atoms with van der Waals surface area (Å²) in [6.45, 7) is 5.73. The molecule has 0 aliphatic rings. The van der Waals surface area contributed by atoms with Gasteiger partial charge in [0, 0.05) is 18.2 Å². The van der Waals surface area contributed by atoms with Crippen LogP contribution in [-0.4, -0.2) is 21.0 Å². The van der Waals surface area contributed by atoms with Crippen molar-refractivity contribution in [1.82, 2.24) is 9.78 Å². The molecule has 0 aliphatic carbocycles. The molecule has 1 aromatic carbocycles. The Morgan fingerprint density at radius 1 is 1.30 bits per heavy atom. The van der Waals surface area contributed by atoms with Crippen molar-refractivity contribution in [1.29, 1.82) is 0 Å². The molecule has 0 aliphatic heterocycles. The van der Waals surface area contributed by atoms with Crippen LogP contribution in [0.5, 0.6) is 5.75 Å². The Kier molecular flexibility index (Phi) is 4.35. The van der Waals surface area contributed by atoms with Gasteiger partial charge >= 0.3 is 0 Å². The average Bonchev–Trinajstić information content (AvgIpc) is 2.62. The molecule has 0 fully saturated rings. The number of rotatable bonds is 4. The van der Waals surface area contributed by atoms with Crippen molar-refractivity contribution in [2.75, 3.05) is 0 Å². The third-order valence-electron chi connectivity index (χ3n) is 3.05. The molecule has 1 unspecified atom stereocenters. The number of aryl methyl sites for hydroxylation is 2. The first-order valence-electron chi connectivity index (χ1n) is 6.54. The summed E-state index contributed by atoms with van der Waals surface area (Å²) in [5.74, 6) is 0.661. The summed E-state index contributed by atoms with van der Waals surface area (Å²) < 4.78 is 7.30. The predicted molar refractivity (Wildman–Crippen MR) is 79.2 cm³/mol. The number of nitrogens with zero attached hydrogens (tertiary/aromatic N) is 2. The Labute approximate surface area is 123 Å². The molecule has 0 spiro atoms. The number of hydrogen-bond donors (Lipinski definition) is 1. The Bertz CT molecular complexity index is 608. The zero-order chi connectivity index (χ0) is 14.9. The maximum Gasteiger partial charge on any atom is 0.133 e. The van der Waals surface area contributed by atoms with E-state index < -0.39 is 6.10 Å². The molecule has 0 saturated heterocycles. The lowest BCUT2D eigenvalue weighted by Crippen LogP contribution is -2.10. The fourth-order valence-electron chi connectivity index (χ4n) is 2.18. The van der Waals surface area contributed by atoms with Crippen LogP contribution < -0.4 is 4.74 Å². The lowest BCUT2D eigenvalue weighted by molar-refractivity contribution is 0.197. The lowest BCUT2D eigenvalue weighted by atomic mass is 10.0. The molecule has 1 N–H and O–H groups in total. The van der Waals surface area contributed by atoms with Crippen molar-refractivity contribution in [3.05, 3.63) is 46.2 Å². The first-order chi connectivity index (χ1) is 9.41. The fraction of sp³-hybridized carbons (Fsp3) is 0.400. The van der Waals surface area contributed by atoms with Gasteiger partial charge in [0.05, 0.1) is 11.8 Å². The molecule has 0 radical (unpaired) electrons. The van der Waals surface area contributed by atoms with Gasteiger partial charge in [-0.05, 0) is 26.8 Å². The number of aliphatic hydroxyl groups is 1. The van der Waals surface area contributed by atoms with E-state index in [1.165, 1.54) is 0 Å². The molecule has 0 amide bonds. The van der Waals surface area contributed by atoms with Crippen LogP contribution >= 0.6 is 11.6 Å². The van der Waals surface area contributed by atoms with E-state index >= 15 is 0 Å². The molecule has 4 nitrogen and oxygen atoms in total. The van der Waals surface area contributed by atoms with E-state index in [0.717, 1.165) is 0 Å². The largest absolute Gasteiger partial charge is 0.491 e. The van der Waals surface area contributed by atoms with Gasteiger partial charge in [0.25, 0.3) is 0 Å². The van der Waals surface area contributed by atoms with Crippen LogP contribution in [0, 0.1) is 6.92 Å². The zero-order valence-electron chi connectivity index (χ0n) is 12.1. The predicted octanol–water partition coefficient (Wildman–Crippen LogP) is 3.25. The van der Waals surface area contributed by atoms with Gasteiger partial charge in [-0.15, -0.1) is 0 Å². The number of halogens is 1. The highest BCUT2D eigenvalue weighted by Gasteiger charge is 2.23. The van der Waals surface area contributed by atoms with Crippen LogP contribution in [0.15, 0.2) is 24.3 Å². The number of aliphatic hydroxyl groups excluding tert-OH is 1. The summed E-state index contributed by atoms with van der Waals surface area (Å²) in [4.78, 5) is 0. The van der Waals surface area contributed by atoms with Gasteiger partial charge in [-0.25, -0.2) is 0 Å². The van der Waals surface area contributed by atoms with E-state index in [4.69, 9.17) is 16.3 Å². The van der Waals surface area contributed by atoms with Crippen LogP contribution in [0.3, 0.4) is 0 Å². The SMILES string of the molecule is Cc1nn(C)c(Cl)c1C(O)c1ccccc1OC(C)C. The molecular formula is C15H19ClN2O2. The summed E-state index contributed by atoms with van der Waals surface area (Å²) >= 11 is 6.22. The molecule has 0 saturated carbocycles. The first-order valence-corrected chi connectivity index (χ1v) is 6.92. The van der Waals surface area contributed by atoms with E-state index in [-0.39, 0.29) is 6.10 Å². The van der Waals surface area contributed by atoms with Gasteiger partial charge in [-0.2, -0.15) is 5.10 Å². The second kappa shape index (κ2) is 5.85. The monoisotopic (exact) mass is 294 g/mol. The summed E-state index contributed by atoms with van der Waals surface area (Å²) in [5, 5.41) is 15.3. The van der Waals surface area contributed by atoms with Gasteiger partial charge in [-0.3, -0.25) is 4.68 Å². The molecule has 1 atom stereocenters. The highest BCUT2D eigenvalue weighted by atomic mass is 35.5. The average molecular weight is 295 g/mol. The topological polar surface area (TPSA) is 47.3 Å². The summed E-state index contributed by atoms with van der Waals surface area (Å²) in [5.41, 5.74) is 2.03. The molecule has 5 heteroatoms. The molecule has 2 rings (SSSR count). The van der Waals surface area contributed by atoms with Crippen molar-refractivity contribution in [2.45, 2.75) is 33.0 Å². The van der Waals surface area contributed by atoms with Crippen molar-refractivity contribution in [2.24, 2.45) is 7.05 Å². The van der Waals surface area contributed by atoms with Gasteiger partial charge in [0.2, 0.25) is 0 Å². The smallest absolute Gasteiger partial charge is 0.133 e. The lowest BCUT2D eigenvalue weighted by Gasteiger charge is -2.18. The maximum atomic E-state index is 10.6. The van der Waals surface area contributed by atoms with Crippen molar-refractivity contribution >= 4 is 11.6 Å². The van der Waals surface area contributed by atoms with Crippen LogP contribution in [-0.2, 0) is 7.05 Å². The number of hydrogen-bond acceptors (Lipinski definition) is 3. The molecule has 1 aromatic heterocycles. The van der Waals surface area contributed by atoms with Crippen molar-refractivity contribution in [3.63, 3.8) is 0 Å². The van der Waals surface area contributed by atoms with Gasteiger partial charge in [0.1, 0.15) is 17.0 Å². The van der Waals surface area contributed by atoms with E-state index in [1.54, 1.807) is 11.7 Å². The van der Waals surface area contributed by atoms with E-state index in [1.807, 2.05) is 45.0 Å². The molecule has 20 heavy (non-hydrogen) atoms. The van der Waals surface area contributed by atoms with E-state index in [9.17, 15) is 5.11 Å². The molecule has 108 valence electrons. The number of benzene rings is 1. The second-order valence-electron chi connectivity index (χ2n) is 5.02. The van der Waals surface area contributed by atoms with Crippen LogP contribution in [0.4, 0.5) is 0 Å². The van der Waals surface area contributed by atoms with Gasteiger partial charge < -0.3 is 9.84 Å². The minimum Gasteiger partial charge on any atom is -0.491 e. The number of aromatic nitrogens is 2. The summed E-state index contributed by atoms with van der Waals surface area (Å²) in [6, 6.07) is 7.43. The van der Waals surface area contributed by atoms with Gasteiger partial charge in [0.15, 0.2) is 0 Å². The Balaban J connectivity index is 2.45. The molecule has 1 heterocycles. The fourth-order valence-corrected chi connectivity index (χ4v) is 2.46. The number of ether oxygens (including phenoxy) is 1. The minimum absolute atomic E-state index is 0.0359. The minimum atomic E-state index is -0.855. The Morgan fingerprint density at radius 2 is 1.95 bits per heavy atom. The van der Waals surface area contributed by atoms with Crippen molar-refractivity contribution < 1.29 is 9.84 Å². The Hall–Kier alpha value is -1.52. The van der Waals surface area contributed by atoms with E-state index in [2.05, 4.69) is 5.10 Å². The molecular weight excluding hydrogens is 276 g/mol. The number of para-hydroxylation sites is 1. The highest BCUT2D eigenvalue weighted by molar-refractivity contribution is 6.30. The summed E-state index contributed by atoms with van der Waals surface area (Å²) in [6.07, 6.45) is -0.819. The van der Waals surface area contributed by atoms with Crippen molar-refractivity contribution in [3.8, 4) is 5.75 Å². The molecule has 0 bridgehead atoms. The second-order valence-corrected chi connectivity index (χ2v) is 5.38. The van der Waals surface area contributed by atoms with Crippen LogP contribution in [0.1, 0.15) is 36.8 Å². The first kappa shape index (κ1) is 14.9. The quantitative estimate of drug-likeness (QED) is 0.941. The summed E-state index contributed by atoms with van der Waals surface area (Å²) in [7, 11) is 1.75. The third-order valence-corrected chi connectivity index (χ3v) is 3.49. The highest BCUT2D eigenvalue weighted by Crippen LogP contribution is 2.35. The third kappa shape index (κ3) is 2.81. The maximum absolute atomic E-state index is 10.6. The standard InChI is InChI=1S/C15H19ClN2O2/c1-9(2)20-12-8-6-5-7-11(12)14(19)13-10(3)17-18(4)15(13)16/h5-9,14,19H,1-4H3.